The average molecular weight is 206 g/mol. The maximum Gasteiger partial charge on any atom is 2.00 e. The van der Waals surface area contributed by atoms with Crippen LogP contribution in [0.3, 0.4) is 0 Å². The van der Waals surface area contributed by atoms with Crippen molar-refractivity contribution in [2.45, 2.75) is 12.5 Å². The van der Waals surface area contributed by atoms with Gasteiger partial charge in [-0.2, -0.15) is 0 Å². The molecule has 4 heteroatoms. The van der Waals surface area contributed by atoms with Crippen LogP contribution in [0.1, 0.15) is 8.42 Å². The zero-order valence-corrected chi connectivity index (χ0v) is 9.65. The zero-order chi connectivity index (χ0) is 8.97. The maximum atomic E-state index is 10.6. The molecule has 1 amide bonds. The van der Waals surface area contributed by atoms with Crippen molar-refractivity contribution in [3.63, 3.8) is 0 Å². The second kappa shape index (κ2) is 6.38. The van der Waals surface area contributed by atoms with Crippen molar-refractivity contribution in [3.05, 3.63) is 35.9 Å². The Morgan fingerprint density at radius 3 is 2.38 bits per heavy atom. The van der Waals surface area contributed by atoms with E-state index in [4.69, 9.17) is 11.5 Å². The number of hydrogen-bond acceptors (Lipinski definition) is 2. The molecule has 4 N–H and O–H groups in total. The number of carbonyl (C=O) groups is 1. The molecule has 0 saturated carbocycles. The third kappa shape index (κ3) is 4.62. The second-order valence-electron chi connectivity index (χ2n) is 2.70. The molecule has 0 saturated heterocycles. The fourth-order valence-corrected chi connectivity index (χ4v) is 0.969. The van der Waals surface area contributed by atoms with E-state index < -0.39 is 11.9 Å². The maximum absolute atomic E-state index is 10.6. The molecule has 0 aliphatic rings. The summed E-state index contributed by atoms with van der Waals surface area (Å²) in [6.07, 6.45) is 0.510. The Morgan fingerprint density at radius 1 is 1.38 bits per heavy atom. The van der Waals surface area contributed by atoms with Gasteiger partial charge >= 0.3 is 37.7 Å². The molecule has 0 bridgehead atoms. The Bertz CT molecular complexity index is 272. The van der Waals surface area contributed by atoms with Gasteiger partial charge < -0.3 is 14.3 Å². The normalized spacial score (nSPS) is 11.5. The van der Waals surface area contributed by atoms with Crippen LogP contribution in [0.15, 0.2) is 30.3 Å². The number of nitrogens with two attached hydrogens (primary N) is 2. The van der Waals surface area contributed by atoms with Crippen LogP contribution in [0.5, 0.6) is 0 Å². The van der Waals surface area contributed by atoms with Gasteiger partial charge in [-0.15, -0.1) is 0 Å². The summed E-state index contributed by atoms with van der Waals surface area (Å²) in [4.78, 5) is 10.6. The first-order valence-electron chi connectivity index (χ1n) is 3.79. The van der Waals surface area contributed by atoms with E-state index in [1.54, 1.807) is 0 Å². The van der Waals surface area contributed by atoms with Crippen LogP contribution >= 0.6 is 0 Å². The molecule has 0 heterocycles. The van der Waals surface area contributed by atoms with Crippen LogP contribution in [0.4, 0.5) is 0 Å². The molecule has 0 aliphatic carbocycles. The molecule has 68 valence electrons. The van der Waals surface area contributed by atoms with Crippen molar-refractivity contribution in [1.82, 2.24) is 0 Å². The third-order valence-corrected chi connectivity index (χ3v) is 1.66. The van der Waals surface area contributed by atoms with Gasteiger partial charge in [-0.3, -0.25) is 4.79 Å². The zero-order valence-electron chi connectivity index (χ0n) is 9.44. The van der Waals surface area contributed by atoms with Crippen molar-refractivity contribution >= 4 is 43.6 Å². The number of hydrogen-bond donors (Lipinski definition) is 2. The summed E-state index contributed by atoms with van der Waals surface area (Å²) >= 11 is 0. The number of carbonyl (C=O) groups excluding carboxylic acids is 1. The predicted octanol–water partition coefficient (Wildman–Crippen LogP) is -0.114. The third-order valence-electron chi connectivity index (χ3n) is 1.66. The summed E-state index contributed by atoms with van der Waals surface area (Å²) < 4.78 is 0. The van der Waals surface area contributed by atoms with Gasteiger partial charge in [0.25, 0.3) is 0 Å². The number of benzene rings is 1. The van der Waals surface area contributed by atoms with Gasteiger partial charge in [-0.05, 0) is 12.0 Å². The Hall–Kier alpha value is -0.0903. The van der Waals surface area contributed by atoms with Crippen molar-refractivity contribution < 1.29 is 7.65 Å². The summed E-state index contributed by atoms with van der Waals surface area (Å²) in [5, 5.41) is 0. The second-order valence-corrected chi connectivity index (χ2v) is 2.70. The molecule has 0 unspecified atom stereocenters. The molecule has 3 nitrogen and oxygen atoms in total. The van der Waals surface area contributed by atoms with Crippen LogP contribution in [-0.2, 0) is 11.2 Å². The van der Waals surface area contributed by atoms with Gasteiger partial charge in [-0.1, -0.05) is 30.3 Å². The van der Waals surface area contributed by atoms with E-state index in [2.05, 4.69) is 0 Å². The molecular weight excluding hydrogens is 192 g/mol. The minimum Gasteiger partial charge on any atom is -1.00 e. The fourth-order valence-electron chi connectivity index (χ4n) is 0.969. The van der Waals surface area contributed by atoms with Crippen LogP contribution in [0.25, 0.3) is 0 Å². The molecule has 0 spiro atoms. The van der Waals surface area contributed by atoms with E-state index >= 15 is 0 Å². The van der Waals surface area contributed by atoms with Crippen LogP contribution in [-0.4, -0.2) is 49.7 Å². The topological polar surface area (TPSA) is 69.1 Å². The van der Waals surface area contributed by atoms with Gasteiger partial charge in [-0.25, -0.2) is 0 Å². The number of primary amides is 1. The molecule has 0 aromatic heterocycles. The van der Waals surface area contributed by atoms with Gasteiger partial charge in [0.15, 0.2) is 0 Å². The van der Waals surface area contributed by atoms with E-state index in [-0.39, 0.29) is 40.6 Å². The molecule has 0 aliphatic heterocycles. The Morgan fingerprint density at radius 2 is 1.92 bits per heavy atom. The fraction of sp³-hybridized carbons (Fsp3) is 0.222. The number of amides is 1. The summed E-state index contributed by atoms with van der Waals surface area (Å²) in [7, 11) is 0. The summed E-state index contributed by atoms with van der Waals surface area (Å²) in [5.41, 5.74) is 11.5. The molecule has 1 rings (SSSR count). The van der Waals surface area contributed by atoms with Crippen molar-refractivity contribution in [2.75, 3.05) is 0 Å². The van der Waals surface area contributed by atoms with Gasteiger partial charge in [0.1, 0.15) is 0 Å². The average Bonchev–Trinajstić information content (AvgIpc) is 2.06. The molecule has 1 atom stereocenters. The molecule has 1 aromatic carbocycles. The Kier molecular flexibility index (Phi) is 6.33. The van der Waals surface area contributed by atoms with E-state index in [0.717, 1.165) is 5.56 Å². The summed E-state index contributed by atoms with van der Waals surface area (Å²) in [6.45, 7) is 0. The Balaban J connectivity index is -0.000000480. The van der Waals surface area contributed by atoms with Crippen LogP contribution < -0.4 is 11.5 Å². The molecule has 13 heavy (non-hydrogen) atoms. The van der Waals surface area contributed by atoms with Gasteiger partial charge in [0.2, 0.25) is 5.91 Å². The van der Waals surface area contributed by atoms with Crippen molar-refractivity contribution in [3.8, 4) is 0 Å². The smallest absolute Gasteiger partial charge is 1.00 e. The molecule has 0 radical (unpaired) electrons. The first-order chi connectivity index (χ1) is 5.70. The quantitative estimate of drug-likeness (QED) is 0.677. The van der Waals surface area contributed by atoms with Gasteiger partial charge in [0.05, 0.1) is 6.04 Å². The monoisotopic (exact) mass is 206 g/mol. The number of rotatable bonds is 3. The minimum atomic E-state index is -0.576. The van der Waals surface area contributed by atoms with E-state index in [9.17, 15) is 4.79 Å². The van der Waals surface area contributed by atoms with Crippen molar-refractivity contribution in [1.29, 1.82) is 0 Å². The van der Waals surface area contributed by atoms with Crippen LogP contribution in [0.2, 0.25) is 0 Å². The summed E-state index contributed by atoms with van der Waals surface area (Å²) in [5.74, 6) is -0.459. The van der Waals surface area contributed by atoms with E-state index in [0.29, 0.717) is 6.42 Å². The van der Waals surface area contributed by atoms with Crippen LogP contribution in [0, 0.1) is 0 Å². The minimum absolute atomic E-state index is 0. The van der Waals surface area contributed by atoms with Gasteiger partial charge in [0, 0.05) is 0 Å². The largest absolute Gasteiger partial charge is 2.00 e. The standard InChI is InChI=1S/C9H12N2O.Ca.2H/c10-8(9(11)12)6-7-4-2-1-3-5-7;;;/h1-5,8H,6,10H2,(H2,11,12);;;/q;+2;2*-1/t8-;;;/m0.../s1. The molecule has 0 fully saturated rings. The summed E-state index contributed by atoms with van der Waals surface area (Å²) in [6, 6.07) is 8.99. The Labute approximate surface area is 110 Å². The van der Waals surface area contributed by atoms with E-state index in [1.807, 2.05) is 30.3 Å². The SMILES string of the molecule is NC(=O)[C@@H](N)Cc1ccccc1.[Ca+2].[H-].[H-]. The predicted molar refractivity (Wildman–Crippen MR) is 55.3 cm³/mol. The first-order valence-corrected chi connectivity index (χ1v) is 3.79. The first kappa shape index (κ1) is 12.9. The molecular formula is C9H14CaN2O. The van der Waals surface area contributed by atoms with Crippen molar-refractivity contribution in [2.24, 2.45) is 11.5 Å². The molecule has 1 aromatic rings. The van der Waals surface area contributed by atoms with E-state index in [1.165, 1.54) is 0 Å².